The number of thiazole rings is 1. The lowest BCUT2D eigenvalue weighted by Crippen LogP contribution is -2.44. The summed E-state index contributed by atoms with van der Waals surface area (Å²) in [7, 11) is 0. The zero-order valence-electron chi connectivity index (χ0n) is 15.0. The van der Waals surface area contributed by atoms with Gasteiger partial charge in [-0.05, 0) is 38.7 Å². The molecule has 3 rings (SSSR count). The first kappa shape index (κ1) is 18.6. The van der Waals surface area contributed by atoms with Crippen LogP contribution in [0.4, 0.5) is 0 Å². The molecule has 2 aromatic rings. The van der Waals surface area contributed by atoms with E-state index in [0.29, 0.717) is 6.42 Å². The van der Waals surface area contributed by atoms with E-state index in [4.69, 9.17) is 5.11 Å². The minimum atomic E-state index is -0.801. The summed E-state index contributed by atoms with van der Waals surface area (Å²) in [5, 5.41) is 11.8. The van der Waals surface area contributed by atoms with Crippen LogP contribution in [0.15, 0.2) is 29.6 Å². The van der Waals surface area contributed by atoms with Gasteiger partial charge in [0.05, 0.1) is 12.1 Å². The van der Waals surface area contributed by atoms with Gasteiger partial charge in [-0.2, -0.15) is 0 Å². The van der Waals surface area contributed by atoms with Crippen LogP contribution in [0.5, 0.6) is 0 Å². The van der Waals surface area contributed by atoms with Crippen molar-refractivity contribution in [3.8, 4) is 10.6 Å². The minimum Gasteiger partial charge on any atom is -0.481 e. The predicted octanol–water partition coefficient (Wildman–Crippen LogP) is 3.91. The molecule has 26 heavy (non-hydrogen) atoms. The van der Waals surface area contributed by atoms with Crippen LogP contribution in [-0.2, 0) is 16.0 Å². The topological polar surface area (TPSA) is 70.5 Å². The number of aliphatic carboxylic acids is 1. The Bertz CT molecular complexity index is 787. The van der Waals surface area contributed by atoms with Crippen LogP contribution in [0, 0.1) is 6.92 Å². The van der Waals surface area contributed by atoms with Crippen molar-refractivity contribution < 1.29 is 14.7 Å². The lowest BCUT2D eigenvalue weighted by molar-refractivity contribution is -0.139. The number of benzene rings is 1. The molecule has 5 nitrogen and oxygen atoms in total. The number of piperidine rings is 1. The van der Waals surface area contributed by atoms with Crippen LogP contribution in [0.25, 0.3) is 10.6 Å². The molecule has 1 aromatic heterocycles. The second-order valence-electron chi connectivity index (χ2n) is 6.86. The number of carboxylic acids is 1. The molecule has 1 saturated heterocycles. The highest BCUT2D eigenvalue weighted by Crippen LogP contribution is 2.26. The Hall–Kier alpha value is -2.21. The fourth-order valence-electron chi connectivity index (χ4n) is 3.47. The molecule has 6 heteroatoms. The first-order valence-corrected chi connectivity index (χ1v) is 9.93. The Morgan fingerprint density at radius 3 is 2.96 bits per heavy atom. The van der Waals surface area contributed by atoms with E-state index in [2.05, 4.69) is 24.0 Å². The first-order valence-electron chi connectivity index (χ1n) is 9.05. The van der Waals surface area contributed by atoms with E-state index in [1.807, 2.05) is 22.4 Å². The molecule has 0 radical (unpaired) electrons. The highest BCUT2D eigenvalue weighted by Gasteiger charge is 2.27. The van der Waals surface area contributed by atoms with E-state index < -0.39 is 5.97 Å². The van der Waals surface area contributed by atoms with Crippen molar-refractivity contribution in [1.29, 1.82) is 0 Å². The molecule has 1 atom stereocenters. The fourth-order valence-corrected chi connectivity index (χ4v) is 4.29. The average Bonchev–Trinajstić information content (AvgIpc) is 3.08. The summed E-state index contributed by atoms with van der Waals surface area (Å²) in [5.41, 5.74) is 3.05. The van der Waals surface area contributed by atoms with Crippen LogP contribution in [0.1, 0.15) is 43.4 Å². The molecular formula is C20H24N2O3S. The van der Waals surface area contributed by atoms with Gasteiger partial charge >= 0.3 is 5.97 Å². The molecule has 0 aliphatic carbocycles. The third-order valence-electron chi connectivity index (χ3n) is 4.79. The van der Waals surface area contributed by atoms with E-state index in [1.165, 1.54) is 5.56 Å². The molecule has 1 unspecified atom stereocenters. The van der Waals surface area contributed by atoms with Gasteiger partial charge in [-0.15, -0.1) is 11.3 Å². The maximum atomic E-state index is 12.8. The molecule has 138 valence electrons. The van der Waals surface area contributed by atoms with Gasteiger partial charge in [-0.25, -0.2) is 4.98 Å². The van der Waals surface area contributed by atoms with Crippen LogP contribution >= 0.6 is 11.3 Å². The zero-order valence-corrected chi connectivity index (χ0v) is 15.8. The van der Waals surface area contributed by atoms with Gasteiger partial charge in [-0.3, -0.25) is 9.59 Å². The van der Waals surface area contributed by atoms with E-state index >= 15 is 0 Å². The van der Waals surface area contributed by atoms with Crippen molar-refractivity contribution in [2.45, 2.75) is 51.5 Å². The number of nitrogens with zero attached hydrogens (tertiary/aromatic N) is 2. The van der Waals surface area contributed by atoms with Gasteiger partial charge in [0.15, 0.2) is 0 Å². The predicted molar refractivity (Wildman–Crippen MR) is 102 cm³/mol. The molecular weight excluding hydrogens is 348 g/mol. The number of carbonyl (C=O) groups excluding carboxylic acids is 1. The summed E-state index contributed by atoms with van der Waals surface area (Å²) in [6, 6.07) is 8.23. The molecule has 1 fully saturated rings. The number of rotatable bonds is 6. The Kier molecular flexibility index (Phi) is 6.04. The van der Waals surface area contributed by atoms with Crippen LogP contribution in [0.3, 0.4) is 0 Å². The lowest BCUT2D eigenvalue weighted by atomic mass is 9.97. The van der Waals surface area contributed by atoms with Crippen molar-refractivity contribution in [2.24, 2.45) is 0 Å². The van der Waals surface area contributed by atoms with Crippen LogP contribution in [0.2, 0.25) is 0 Å². The average molecular weight is 372 g/mol. The van der Waals surface area contributed by atoms with E-state index in [9.17, 15) is 9.59 Å². The van der Waals surface area contributed by atoms with E-state index in [0.717, 1.165) is 42.1 Å². The Morgan fingerprint density at radius 1 is 1.35 bits per heavy atom. The lowest BCUT2D eigenvalue weighted by Gasteiger charge is -2.35. The van der Waals surface area contributed by atoms with Gasteiger partial charge in [0, 0.05) is 30.0 Å². The number of carbonyl (C=O) groups is 2. The molecule has 0 saturated carbocycles. The summed E-state index contributed by atoms with van der Waals surface area (Å²) < 4.78 is 0. The summed E-state index contributed by atoms with van der Waals surface area (Å²) >= 11 is 1.56. The number of amides is 1. The highest BCUT2D eigenvalue weighted by molar-refractivity contribution is 7.13. The third kappa shape index (κ3) is 4.69. The van der Waals surface area contributed by atoms with E-state index in [1.54, 1.807) is 11.3 Å². The van der Waals surface area contributed by atoms with Gasteiger partial charge in [0.25, 0.3) is 0 Å². The van der Waals surface area contributed by atoms with Gasteiger partial charge in [0.1, 0.15) is 5.01 Å². The number of hydrogen-bond donors (Lipinski definition) is 1. The summed E-state index contributed by atoms with van der Waals surface area (Å²) in [5.74, 6) is -0.744. The first-order chi connectivity index (χ1) is 12.5. The minimum absolute atomic E-state index is 0.0437. The van der Waals surface area contributed by atoms with Crippen molar-refractivity contribution in [1.82, 2.24) is 9.88 Å². The quantitative estimate of drug-likeness (QED) is 0.835. The summed E-state index contributed by atoms with van der Waals surface area (Å²) in [6.45, 7) is 2.77. The molecule has 1 N–H and O–H groups in total. The second kappa shape index (κ2) is 8.45. The highest BCUT2D eigenvalue weighted by atomic mass is 32.1. The molecule has 1 aromatic carbocycles. The number of carboxylic acid groups (broad SMARTS) is 1. The second-order valence-corrected chi connectivity index (χ2v) is 7.72. The molecule has 1 amide bonds. The summed E-state index contributed by atoms with van der Waals surface area (Å²) in [6.07, 6.45) is 3.87. The number of aryl methyl sites for hydroxylation is 1. The largest absolute Gasteiger partial charge is 0.481 e. The van der Waals surface area contributed by atoms with Crippen molar-refractivity contribution in [3.05, 3.63) is 40.9 Å². The smallest absolute Gasteiger partial charge is 0.303 e. The Morgan fingerprint density at radius 2 is 2.19 bits per heavy atom. The number of aromatic nitrogens is 1. The number of likely N-dealkylation sites (tertiary alicyclic amines) is 1. The Labute approximate surface area is 157 Å². The maximum absolute atomic E-state index is 12.8. The monoisotopic (exact) mass is 372 g/mol. The zero-order chi connectivity index (χ0) is 18.5. The standard InChI is InChI=1S/C20H24N2O3S/c1-14-5-4-6-15(11-14)20-21-16(13-26-20)12-18(23)22-10-3-2-7-17(22)8-9-19(24)25/h4-6,11,13,17H,2-3,7-10,12H2,1H3,(H,24,25). The van der Waals surface area contributed by atoms with Crippen molar-refractivity contribution in [2.75, 3.05) is 6.54 Å². The molecule has 0 bridgehead atoms. The van der Waals surface area contributed by atoms with Gasteiger partial charge < -0.3 is 10.0 Å². The summed E-state index contributed by atoms with van der Waals surface area (Å²) in [4.78, 5) is 30.1. The molecule has 2 heterocycles. The molecule has 1 aliphatic rings. The van der Waals surface area contributed by atoms with Gasteiger partial charge in [-0.1, -0.05) is 23.8 Å². The van der Waals surface area contributed by atoms with Crippen molar-refractivity contribution in [3.63, 3.8) is 0 Å². The van der Waals surface area contributed by atoms with Crippen molar-refractivity contribution >= 4 is 23.2 Å². The molecule has 0 spiro atoms. The Balaban J connectivity index is 1.66. The number of hydrogen-bond acceptors (Lipinski definition) is 4. The maximum Gasteiger partial charge on any atom is 0.303 e. The van der Waals surface area contributed by atoms with Gasteiger partial charge in [0.2, 0.25) is 5.91 Å². The normalized spacial score (nSPS) is 17.3. The molecule has 1 aliphatic heterocycles. The van der Waals surface area contributed by atoms with E-state index in [-0.39, 0.29) is 24.8 Å². The van der Waals surface area contributed by atoms with Crippen LogP contribution < -0.4 is 0 Å². The fraction of sp³-hybridized carbons (Fsp3) is 0.450. The SMILES string of the molecule is Cc1cccc(-c2nc(CC(=O)N3CCCCC3CCC(=O)O)cs2)c1. The third-order valence-corrected chi connectivity index (χ3v) is 5.73. The van der Waals surface area contributed by atoms with Crippen LogP contribution in [-0.4, -0.2) is 39.5 Å².